The fourth-order valence-electron chi connectivity index (χ4n) is 5.78. The lowest BCUT2D eigenvalue weighted by atomic mass is 9.81. The number of nitrogens with zero attached hydrogens (tertiary/aromatic N) is 4. The quantitative estimate of drug-likeness (QED) is 0.867. The largest absolute Gasteiger partial charge is 0.368 e. The molecule has 3 heterocycles. The van der Waals surface area contributed by atoms with Gasteiger partial charge in [0, 0.05) is 30.1 Å². The first-order chi connectivity index (χ1) is 13.7. The molecular formula is C23H31N5. The average Bonchev–Trinajstić information content (AvgIpc) is 2.73. The number of hydrogen-bond acceptors (Lipinski definition) is 5. The van der Waals surface area contributed by atoms with Crippen LogP contribution in [-0.4, -0.2) is 47.1 Å². The first kappa shape index (κ1) is 17.9. The van der Waals surface area contributed by atoms with Crippen LogP contribution < -0.4 is 10.6 Å². The van der Waals surface area contributed by atoms with Crippen LogP contribution in [0.3, 0.4) is 0 Å². The molecule has 1 unspecified atom stereocenters. The predicted octanol–water partition coefficient (Wildman–Crippen LogP) is 3.59. The van der Waals surface area contributed by atoms with Crippen LogP contribution in [0.15, 0.2) is 30.3 Å². The topological polar surface area (TPSA) is 58.3 Å². The molecule has 0 saturated carbocycles. The molecular weight excluding hydrogens is 346 g/mol. The Morgan fingerprint density at radius 1 is 0.929 bits per heavy atom. The highest BCUT2D eigenvalue weighted by Crippen LogP contribution is 2.41. The van der Waals surface area contributed by atoms with Crippen molar-refractivity contribution in [1.82, 2.24) is 14.9 Å². The molecule has 148 valence electrons. The summed E-state index contributed by atoms with van der Waals surface area (Å²) >= 11 is 0. The van der Waals surface area contributed by atoms with Gasteiger partial charge in [-0.25, -0.2) is 4.98 Å². The van der Waals surface area contributed by atoms with Gasteiger partial charge in [-0.3, -0.25) is 0 Å². The van der Waals surface area contributed by atoms with Gasteiger partial charge in [-0.15, -0.1) is 0 Å². The van der Waals surface area contributed by atoms with E-state index in [4.69, 9.17) is 15.7 Å². The average molecular weight is 378 g/mol. The third kappa shape index (κ3) is 3.06. The molecule has 2 aliphatic heterocycles. The van der Waals surface area contributed by atoms with Gasteiger partial charge in [0.05, 0.1) is 5.69 Å². The molecule has 3 aliphatic rings. The molecule has 2 aromatic rings. The number of nitrogens with two attached hydrogens (primary N) is 1. The molecule has 0 radical (unpaired) electrons. The van der Waals surface area contributed by atoms with E-state index in [0.717, 1.165) is 25.2 Å². The molecule has 28 heavy (non-hydrogen) atoms. The summed E-state index contributed by atoms with van der Waals surface area (Å²) in [5, 5.41) is 0. The maximum absolute atomic E-state index is 6.27. The summed E-state index contributed by atoms with van der Waals surface area (Å²) in [5.41, 5.74) is 10.1. The van der Waals surface area contributed by atoms with Crippen molar-refractivity contribution in [3.8, 4) is 0 Å². The number of aromatic nitrogens is 2. The Labute approximate surface area is 168 Å². The number of nitrogen functional groups attached to an aromatic ring is 1. The lowest BCUT2D eigenvalue weighted by Crippen LogP contribution is -2.58. The summed E-state index contributed by atoms with van der Waals surface area (Å²) in [6.45, 7) is 2.31. The fraction of sp³-hybridized carbons (Fsp3) is 0.565. The summed E-state index contributed by atoms with van der Waals surface area (Å²) in [5.74, 6) is 1.90. The summed E-state index contributed by atoms with van der Waals surface area (Å²) < 4.78 is 0. The number of anilines is 2. The normalized spacial score (nSPS) is 27.9. The smallest absolute Gasteiger partial charge is 0.222 e. The van der Waals surface area contributed by atoms with E-state index in [1.807, 2.05) is 0 Å². The van der Waals surface area contributed by atoms with Crippen molar-refractivity contribution in [2.24, 2.45) is 0 Å². The molecule has 5 heteroatoms. The molecule has 0 spiro atoms. The van der Waals surface area contributed by atoms with Crippen LogP contribution in [0.2, 0.25) is 0 Å². The fourth-order valence-corrected chi connectivity index (χ4v) is 5.78. The molecule has 5 rings (SSSR count). The van der Waals surface area contributed by atoms with Crippen molar-refractivity contribution in [3.05, 3.63) is 47.2 Å². The van der Waals surface area contributed by atoms with Crippen LogP contribution >= 0.6 is 0 Å². The molecule has 2 N–H and O–H groups in total. The summed E-state index contributed by atoms with van der Waals surface area (Å²) in [7, 11) is 2.29. The summed E-state index contributed by atoms with van der Waals surface area (Å²) in [6.07, 6.45) is 8.45. The van der Waals surface area contributed by atoms with Crippen LogP contribution in [0, 0.1) is 0 Å². The molecule has 5 nitrogen and oxygen atoms in total. The third-order valence-electron chi connectivity index (χ3n) is 7.08. The van der Waals surface area contributed by atoms with Gasteiger partial charge in [-0.2, -0.15) is 4.98 Å². The van der Waals surface area contributed by atoms with Crippen molar-refractivity contribution >= 4 is 11.8 Å². The van der Waals surface area contributed by atoms with E-state index in [-0.39, 0.29) is 0 Å². The van der Waals surface area contributed by atoms with Crippen molar-refractivity contribution in [2.75, 3.05) is 30.8 Å². The second kappa shape index (κ2) is 7.36. The minimum absolute atomic E-state index is 0.337. The van der Waals surface area contributed by atoms with E-state index in [0.29, 0.717) is 23.9 Å². The number of hydrogen-bond donors (Lipinski definition) is 1. The second-order valence-electron chi connectivity index (χ2n) is 8.72. The first-order valence-corrected chi connectivity index (χ1v) is 10.9. The Balaban J connectivity index is 1.57. The zero-order chi connectivity index (χ0) is 19.1. The van der Waals surface area contributed by atoms with Crippen LogP contribution in [0.4, 0.5) is 11.8 Å². The first-order valence-electron chi connectivity index (χ1n) is 10.9. The maximum atomic E-state index is 6.27. The lowest BCUT2D eigenvalue weighted by Gasteiger charge is -2.49. The van der Waals surface area contributed by atoms with Crippen molar-refractivity contribution in [2.45, 2.75) is 62.9 Å². The highest BCUT2D eigenvalue weighted by molar-refractivity contribution is 5.56. The maximum Gasteiger partial charge on any atom is 0.222 e. The molecule has 1 aliphatic carbocycles. The highest BCUT2D eigenvalue weighted by Gasteiger charge is 2.39. The summed E-state index contributed by atoms with van der Waals surface area (Å²) in [6, 6.07) is 12.0. The van der Waals surface area contributed by atoms with E-state index >= 15 is 0 Å². The zero-order valence-electron chi connectivity index (χ0n) is 16.8. The SMILES string of the molecule is CN1CCC[C@@H]2[C@H]1CCCN2c1nc(N)nc2c1CCCC2c1ccccc1. The minimum atomic E-state index is 0.337. The highest BCUT2D eigenvalue weighted by atomic mass is 15.3. The lowest BCUT2D eigenvalue weighted by molar-refractivity contribution is 0.130. The number of fused-ring (bicyclic) bond motifs is 2. The van der Waals surface area contributed by atoms with Crippen LogP contribution in [0.1, 0.15) is 61.3 Å². The van der Waals surface area contributed by atoms with E-state index in [2.05, 4.69) is 47.2 Å². The Bertz CT molecular complexity index is 836. The van der Waals surface area contributed by atoms with Gasteiger partial charge in [0.1, 0.15) is 5.82 Å². The Hall–Kier alpha value is -2.14. The Morgan fingerprint density at radius 2 is 1.71 bits per heavy atom. The van der Waals surface area contributed by atoms with Gasteiger partial charge < -0.3 is 15.5 Å². The van der Waals surface area contributed by atoms with Crippen molar-refractivity contribution in [3.63, 3.8) is 0 Å². The number of likely N-dealkylation sites (tertiary alicyclic amines) is 1. The molecule has 2 saturated heterocycles. The number of likely N-dealkylation sites (N-methyl/N-ethyl adjacent to an activating group) is 1. The monoisotopic (exact) mass is 377 g/mol. The molecule has 2 fully saturated rings. The molecule has 1 aromatic carbocycles. The number of piperidine rings is 2. The van der Waals surface area contributed by atoms with Gasteiger partial charge in [0.25, 0.3) is 0 Å². The van der Waals surface area contributed by atoms with E-state index in [1.54, 1.807) is 0 Å². The third-order valence-corrected chi connectivity index (χ3v) is 7.08. The Kier molecular flexibility index (Phi) is 4.71. The second-order valence-corrected chi connectivity index (χ2v) is 8.72. The Morgan fingerprint density at radius 3 is 2.57 bits per heavy atom. The predicted molar refractivity (Wildman–Crippen MR) is 114 cm³/mol. The molecule has 0 amide bonds. The molecule has 3 atom stereocenters. The molecule has 0 bridgehead atoms. The van der Waals surface area contributed by atoms with Gasteiger partial charge in [-0.05, 0) is 64.1 Å². The summed E-state index contributed by atoms with van der Waals surface area (Å²) in [4.78, 5) is 14.8. The van der Waals surface area contributed by atoms with Crippen molar-refractivity contribution in [1.29, 1.82) is 0 Å². The minimum Gasteiger partial charge on any atom is -0.368 e. The number of rotatable bonds is 2. The standard InChI is InChI=1S/C23H31N5/c1-27-14-6-13-20-19(27)12-7-15-28(20)22-18-11-5-10-17(16-8-3-2-4-9-16)21(18)25-23(24)26-22/h2-4,8-9,17,19-20H,5-7,10-15H2,1H3,(H2,24,25,26)/t17?,19-,20-/m1/s1. The zero-order valence-corrected chi connectivity index (χ0v) is 16.8. The van der Waals surface area contributed by atoms with E-state index in [1.165, 1.54) is 55.5 Å². The number of benzene rings is 1. The van der Waals surface area contributed by atoms with Crippen LogP contribution in [0.5, 0.6) is 0 Å². The van der Waals surface area contributed by atoms with Gasteiger partial charge in [0.2, 0.25) is 5.95 Å². The van der Waals surface area contributed by atoms with Gasteiger partial charge in [-0.1, -0.05) is 30.3 Å². The van der Waals surface area contributed by atoms with Crippen LogP contribution in [0.25, 0.3) is 0 Å². The van der Waals surface area contributed by atoms with Gasteiger partial charge in [0.15, 0.2) is 0 Å². The van der Waals surface area contributed by atoms with E-state index in [9.17, 15) is 0 Å². The molecule has 1 aromatic heterocycles. The van der Waals surface area contributed by atoms with Crippen molar-refractivity contribution < 1.29 is 0 Å². The van der Waals surface area contributed by atoms with Gasteiger partial charge >= 0.3 is 0 Å². The van der Waals surface area contributed by atoms with E-state index < -0.39 is 0 Å². The van der Waals surface area contributed by atoms with Crippen LogP contribution in [-0.2, 0) is 6.42 Å².